The van der Waals surface area contributed by atoms with Crippen LogP contribution in [0.15, 0.2) is 69.8 Å². The minimum atomic E-state index is -0.516. The molecule has 1 fully saturated rings. The lowest BCUT2D eigenvalue weighted by Crippen LogP contribution is -2.38. The van der Waals surface area contributed by atoms with Crippen LogP contribution in [-0.2, 0) is 16.1 Å². The van der Waals surface area contributed by atoms with Crippen molar-refractivity contribution < 1.29 is 33.0 Å². The number of thioether (sulfide) groups is 1. The van der Waals surface area contributed by atoms with Gasteiger partial charge in [-0.3, -0.25) is 9.59 Å². The molecule has 10 nitrogen and oxygen atoms in total. The summed E-state index contributed by atoms with van der Waals surface area (Å²) in [5.41, 5.74) is 1.12. The van der Waals surface area contributed by atoms with E-state index in [9.17, 15) is 9.59 Å². The maximum absolute atomic E-state index is 13.3. The first-order valence-corrected chi connectivity index (χ1v) is 13.9. The normalized spacial score (nSPS) is 13.3. The molecule has 0 spiro atoms. The topological polar surface area (TPSA) is 112 Å². The third-order valence-corrected chi connectivity index (χ3v) is 7.41. The summed E-state index contributed by atoms with van der Waals surface area (Å²) in [5.74, 6) is 0.788. The molecule has 0 bridgehead atoms. The first-order chi connectivity index (χ1) is 19.9. The smallest absolute Gasteiger partial charge is 0.268 e. The molecule has 0 aliphatic carbocycles. The van der Waals surface area contributed by atoms with E-state index in [4.69, 9.17) is 35.6 Å². The average Bonchev–Trinajstić information content (AvgIpc) is 3.46. The Morgan fingerprint density at radius 1 is 1.00 bits per heavy atom. The summed E-state index contributed by atoms with van der Waals surface area (Å²) in [5, 5.41) is 6.12. The number of hydrogen-bond donors (Lipinski definition) is 2. The van der Waals surface area contributed by atoms with E-state index in [-0.39, 0.29) is 12.2 Å². The van der Waals surface area contributed by atoms with Crippen molar-refractivity contribution in [3.8, 4) is 17.2 Å². The number of hydrogen-bond acceptors (Lipinski definition) is 9. The number of rotatable bonds is 10. The van der Waals surface area contributed by atoms with Crippen LogP contribution >= 0.6 is 24.0 Å². The van der Waals surface area contributed by atoms with Crippen LogP contribution in [0.25, 0.3) is 6.08 Å². The molecule has 1 aliphatic rings. The van der Waals surface area contributed by atoms with Crippen molar-refractivity contribution in [1.82, 2.24) is 15.5 Å². The van der Waals surface area contributed by atoms with Gasteiger partial charge in [-0.25, -0.2) is 0 Å². The summed E-state index contributed by atoms with van der Waals surface area (Å²) >= 11 is 6.87. The lowest BCUT2D eigenvalue weighted by Gasteiger charge is -2.28. The molecule has 2 aromatic carbocycles. The Balaban J connectivity index is 1.52. The number of amides is 2. The monoisotopic (exact) mass is 597 g/mol. The van der Waals surface area contributed by atoms with E-state index in [2.05, 4.69) is 15.5 Å². The van der Waals surface area contributed by atoms with Crippen molar-refractivity contribution >= 4 is 46.2 Å². The average molecular weight is 598 g/mol. The van der Waals surface area contributed by atoms with Gasteiger partial charge in [0.15, 0.2) is 16.6 Å². The van der Waals surface area contributed by atoms with Gasteiger partial charge in [0.1, 0.15) is 15.8 Å². The number of carbonyl (C=O) groups is 2. The minimum Gasteiger partial charge on any atom is -0.493 e. The van der Waals surface area contributed by atoms with Crippen LogP contribution in [0.4, 0.5) is 0 Å². The number of thiocarbonyl (C=S) groups is 1. The van der Waals surface area contributed by atoms with Crippen molar-refractivity contribution in [1.29, 1.82) is 0 Å². The van der Waals surface area contributed by atoms with Crippen LogP contribution < -0.4 is 24.8 Å². The maximum atomic E-state index is 13.3. The molecule has 2 N–H and O–H groups in total. The number of nitrogens with zero attached hydrogens (tertiary/aromatic N) is 1. The summed E-state index contributed by atoms with van der Waals surface area (Å²) in [6.45, 7) is 2.83. The van der Waals surface area contributed by atoms with Crippen LogP contribution in [0.2, 0.25) is 0 Å². The predicted molar refractivity (Wildman–Crippen MR) is 159 cm³/mol. The predicted octanol–water partition coefficient (Wildman–Crippen LogP) is 4.10. The molecule has 216 valence electrons. The fraction of sp³-hybridized carbons (Fsp3) is 0.276. The number of morpholine rings is 1. The Morgan fingerprint density at radius 2 is 1.68 bits per heavy atom. The van der Waals surface area contributed by atoms with Crippen LogP contribution in [0.5, 0.6) is 17.2 Å². The van der Waals surface area contributed by atoms with Gasteiger partial charge in [0.25, 0.3) is 11.8 Å². The highest BCUT2D eigenvalue weighted by Gasteiger charge is 2.19. The van der Waals surface area contributed by atoms with E-state index in [0.29, 0.717) is 56.8 Å². The highest BCUT2D eigenvalue weighted by atomic mass is 32.2. The van der Waals surface area contributed by atoms with Gasteiger partial charge in [0.2, 0.25) is 5.75 Å². The van der Waals surface area contributed by atoms with Gasteiger partial charge >= 0.3 is 0 Å². The van der Waals surface area contributed by atoms with Gasteiger partial charge in [-0.2, -0.15) is 0 Å². The molecule has 1 aliphatic heterocycles. The van der Waals surface area contributed by atoms with Gasteiger partial charge in [-0.05, 0) is 53.7 Å². The van der Waals surface area contributed by atoms with Gasteiger partial charge in [-0.1, -0.05) is 30.4 Å². The van der Waals surface area contributed by atoms with E-state index in [0.717, 1.165) is 13.1 Å². The first-order valence-electron chi connectivity index (χ1n) is 12.7. The molecule has 0 radical (unpaired) electrons. The summed E-state index contributed by atoms with van der Waals surface area (Å²) in [7, 11) is 4.55. The molecule has 0 unspecified atom stereocenters. The lowest BCUT2D eigenvalue weighted by atomic mass is 10.1. The zero-order valence-corrected chi connectivity index (χ0v) is 24.6. The summed E-state index contributed by atoms with van der Waals surface area (Å²) < 4.78 is 28.2. The quantitative estimate of drug-likeness (QED) is 0.201. The number of carbonyl (C=O) groups excluding carboxylic acids is 2. The molecule has 4 rings (SSSR count). The minimum absolute atomic E-state index is 0.00736. The number of methoxy groups -OCH3 is 3. The van der Waals surface area contributed by atoms with Crippen molar-refractivity contribution in [2.75, 3.05) is 47.6 Å². The molecule has 2 heterocycles. The molecular weight excluding hydrogens is 566 g/mol. The third-order valence-electron chi connectivity index (χ3n) is 6.05. The molecule has 1 saturated heterocycles. The molecule has 2 amide bonds. The van der Waals surface area contributed by atoms with E-state index in [1.807, 2.05) is 0 Å². The van der Waals surface area contributed by atoms with Crippen molar-refractivity contribution in [3.05, 3.63) is 77.2 Å². The zero-order chi connectivity index (χ0) is 29.2. The Labute approximate surface area is 248 Å². The number of nitrogens with one attached hydrogen (secondary N) is 2. The Morgan fingerprint density at radius 3 is 2.32 bits per heavy atom. The molecule has 12 heteroatoms. The van der Waals surface area contributed by atoms with Gasteiger partial charge < -0.3 is 38.9 Å². The van der Waals surface area contributed by atoms with Crippen LogP contribution in [0.1, 0.15) is 21.7 Å². The second kappa shape index (κ2) is 14.6. The summed E-state index contributed by atoms with van der Waals surface area (Å²) in [4.78, 5) is 28.3. The van der Waals surface area contributed by atoms with Crippen LogP contribution in [0.3, 0.4) is 0 Å². The Bertz CT molecular complexity index is 1380. The number of ether oxygens (including phenoxy) is 4. The second-order valence-electron chi connectivity index (χ2n) is 8.72. The van der Waals surface area contributed by atoms with Crippen molar-refractivity contribution in [2.24, 2.45) is 0 Å². The van der Waals surface area contributed by atoms with E-state index < -0.39 is 11.8 Å². The fourth-order valence-electron chi connectivity index (χ4n) is 3.96. The van der Waals surface area contributed by atoms with Crippen LogP contribution in [0, 0.1) is 0 Å². The second-order valence-corrected chi connectivity index (χ2v) is 10.4. The first kappa shape index (κ1) is 30.0. The highest BCUT2D eigenvalue weighted by Crippen LogP contribution is 2.38. The van der Waals surface area contributed by atoms with Gasteiger partial charge in [0.05, 0.1) is 34.5 Å². The maximum Gasteiger partial charge on any atom is 0.268 e. The SMILES string of the molecule is COc1cc(CNC(=O)C(=Cc2ccc(SC(=S)N3CCOCC3)o2)NC(=O)c2ccccc2)cc(OC)c1OC. The van der Waals surface area contributed by atoms with Crippen LogP contribution in [-0.4, -0.2) is 68.7 Å². The highest BCUT2D eigenvalue weighted by molar-refractivity contribution is 8.22. The third kappa shape index (κ3) is 8.03. The van der Waals surface area contributed by atoms with E-state index in [1.54, 1.807) is 54.6 Å². The summed E-state index contributed by atoms with van der Waals surface area (Å²) in [6, 6.07) is 15.6. The van der Waals surface area contributed by atoms with Gasteiger partial charge in [0, 0.05) is 31.3 Å². The zero-order valence-electron chi connectivity index (χ0n) is 22.9. The lowest BCUT2D eigenvalue weighted by molar-refractivity contribution is -0.117. The number of furan rings is 1. The Kier molecular flexibility index (Phi) is 10.7. The fourth-order valence-corrected chi connectivity index (χ4v) is 5.15. The largest absolute Gasteiger partial charge is 0.493 e. The molecular formula is C29H31N3O7S2. The van der Waals surface area contributed by atoms with E-state index in [1.165, 1.54) is 39.2 Å². The molecule has 1 aromatic heterocycles. The molecule has 0 atom stereocenters. The number of benzene rings is 2. The van der Waals surface area contributed by atoms with E-state index >= 15 is 0 Å². The van der Waals surface area contributed by atoms with Gasteiger partial charge in [-0.15, -0.1) is 0 Å². The Hall–Kier alpha value is -4.00. The molecule has 0 saturated carbocycles. The van der Waals surface area contributed by atoms with Crippen molar-refractivity contribution in [2.45, 2.75) is 11.6 Å². The molecule has 3 aromatic rings. The standard InChI is InChI=1S/C29H31N3O7S2/c1-35-23-15-19(16-24(36-2)26(23)37-3)18-30-28(34)22(31-27(33)20-7-5-4-6-8-20)17-21-9-10-25(39-21)41-29(40)32-11-13-38-14-12-32/h4-10,15-17H,11-14,18H2,1-3H3,(H,30,34)(H,31,33). The summed E-state index contributed by atoms with van der Waals surface area (Å²) in [6.07, 6.45) is 1.48. The van der Waals surface area contributed by atoms with Crippen molar-refractivity contribution in [3.63, 3.8) is 0 Å². The molecule has 41 heavy (non-hydrogen) atoms.